The Morgan fingerprint density at radius 2 is 1.45 bits per heavy atom. The summed E-state index contributed by atoms with van der Waals surface area (Å²) in [5.41, 5.74) is 4.28. The fraction of sp³-hybridized carbons (Fsp3) is 0.375. The van der Waals surface area contributed by atoms with Crippen LogP contribution in [0.25, 0.3) is 0 Å². The van der Waals surface area contributed by atoms with E-state index in [-0.39, 0.29) is 5.92 Å². The zero-order chi connectivity index (χ0) is 23.1. The monoisotopic (exact) mass is 425 g/mol. The highest BCUT2D eigenvalue weighted by atomic mass is 16.5. The van der Waals surface area contributed by atoms with E-state index in [9.17, 15) is 14.4 Å². The number of hydrogen-bond donors (Lipinski definition) is 3. The lowest BCUT2D eigenvalue weighted by Crippen LogP contribution is -2.48. The van der Waals surface area contributed by atoms with Crippen LogP contribution < -0.4 is 16.0 Å². The van der Waals surface area contributed by atoms with E-state index >= 15 is 0 Å². The van der Waals surface area contributed by atoms with Gasteiger partial charge in [-0.2, -0.15) is 0 Å². The van der Waals surface area contributed by atoms with Gasteiger partial charge < -0.3 is 20.7 Å². The van der Waals surface area contributed by atoms with Crippen LogP contribution in [0.2, 0.25) is 0 Å². The number of carbonyl (C=O) groups excluding carboxylic acids is 3. The quantitative estimate of drug-likeness (QED) is 0.575. The molecule has 0 spiro atoms. The Morgan fingerprint density at radius 3 is 2.00 bits per heavy atom. The average molecular weight is 426 g/mol. The van der Waals surface area contributed by atoms with Crippen molar-refractivity contribution >= 4 is 29.3 Å². The van der Waals surface area contributed by atoms with E-state index in [0.29, 0.717) is 11.4 Å². The molecule has 0 radical (unpaired) electrons. The van der Waals surface area contributed by atoms with E-state index in [1.807, 2.05) is 39.0 Å². The zero-order valence-electron chi connectivity index (χ0n) is 18.9. The van der Waals surface area contributed by atoms with Gasteiger partial charge in [0.2, 0.25) is 0 Å². The Bertz CT molecular complexity index is 918. The largest absolute Gasteiger partial charge is 0.451 e. The lowest BCUT2D eigenvalue weighted by molar-refractivity contribution is -0.156. The van der Waals surface area contributed by atoms with Crippen LogP contribution in [0.3, 0.4) is 0 Å². The van der Waals surface area contributed by atoms with Crippen LogP contribution >= 0.6 is 0 Å². The molecule has 0 fully saturated rings. The fourth-order valence-electron chi connectivity index (χ4n) is 3.23. The Morgan fingerprint density at radius 1 is 0.871 bits per heavy atom. The molecule has 2 atom stereocenters. The second-order valence-corrected chi connectivity index (χ2v) is 8.03. The molecule has 0 heterocycles. The van der Waals surface area contributed by atoms with Crippen molar-refractivity contribution in [1.29, 1.82) is 0 Å². The number of hydrogen-bond acceptors (Lipinski definition) is 4. The minimum Gasteiger partial charge on any atom is -0.451 e. The number of anilines is 2. The first-order valence-electron chi connectivity index (χ1n) is 10.3. The summed E-state index contributed by atoms with van der Waals surface area (Å²) in [5, 5.41) is 8.13. The van der Waals surface area contributed by atoms with E-state index in [4.69, 9.17) is 4.74 Å². The molecule has 31 heavy (non-hydrogen) atoms. The topological polar surface area (TPSA) is 96.5 Å². The molecule has 2 aromatic rings. The first-order valence-corrected chi connectivity index (χ1v) is 10.3. The molecule has 166 valence electrons. The van der Waals surface area contributed by atoms with Crippen LogP contribution in [-0.4, -0.2) is 30.1 Å². The molecule has 0 aromatic heterocycles. The number of carbonyl (C=O) groups is 3. The van der Waals surface area contributed by atoms with Gasteiger partial charge in [-0.15, -0.1) is 0 Å². The van der Waals surface area contributed by atoms with Crippen LogP contribution in [0.1, 0.15) is 37.5 Å². The standard InChI is InChI=1S/C24H31N3O4/c1-14(2)20(27-24(30)25-19-10-8-7-9-11-19)23(29)31-18(6)22(28)26-21-16(4)12-15(3)13-17(21)5/h7-14,18,20H,1-6H3,(H,26,28)(H2,25,27,30)/t18-,20-/m1/s1. The van der Waals surface area contributed by atoms with Crippen molar-refractivity contribution in [2.75, 3.05) is 10.6 Å². The Hall–Kier alpha value is -3.35. The minimum atomic E-state index is -1.02. The summed E-state index contributed by atoms with van der Waals surface area (Å²) in [6.45, 7) is 10.9. The number of rotatable bonds is 7. The first-order chi connectivity index (χ1) is 14.6. The third-order valence-corrected chi connectivity index (χ3v) is 4.83. The van der Waals surface area contributed by atoms with Crippen molar-refractivity contribution in [3.63, 3.8) is 0 Å². The predicted molar refractivity (Wildman–Crippen MR) is 122 cm³/mol. The minimum absolute atomic E-state index is 0.231. The van der Waals surface area contributed by atoms with Gasteiger partial charge in [0.1, 0.15) is 6.04 Å². The zero-order valence-corrected chi connectivity index (χ0v) is 18.9. The average Bonchev–Trinajstić information content (AvgIpc) is 2.69. The van der Waals surface area contributed by atoms with Gasteiger partial charge in [-0.1, -0.05) is 49.7 Å². The highest BCUT2D eigenvalue weighted by Gasteiger charge is 2.29. The molecule has 0 aliphatic carbocycles. The van der Waals surface area contributed by atoms with Gasteiger partial charge in [0, 0.05) is 11.4 Å². The number of amides is 3. The summed E-state index contributed by atoms with van der Waals surface area (Å²) in [7, 11) is 0. The number of ether oxygens (including phenoxy) is 1. The van der Waals surface area contributed by atoms with Crippen molar-refractivity contribution in [1.82, 2.24) is 5.32 Å². The van der Waals surface area contributed by atoms with Crippen molar-refractivity contribution in [2.24, 2.45) is 5.92 Å². The second kappa shape index (κ2) is 10.6. The van der Waals surface area contributed by atoms with E-state index in [2.05, 4.69) is 16.0 Å². The summed E-state index contributed by atoms with van der Waals surface area (Å²) < 4.78 is 5.37. The van der Waals surface area contributed by atoms with Crippen molar-refractivity contribution in [3.8, 4) is 0 Å². The molecule has 0 unspecified atom stereocenters. The molecule has 2 rings (SSSR count). The highest BCUT2D eigenvalue weighted by molar-refractivity contribution is 5.97. The number of urea groups is 1. The number of esters is 1. The van der Waals surface area contributed by atoms with E-state index in [1.165, 1.54) is 6.92 Å². The Kier molecular flexibility index (Phi) is 8.19. The molecule has 0 saturated carbocycles. The fourth-order valence-corrected chi connectivity index (χ4v) is 3.23. The van der Waals surface area contributed by atoms with Gasteiger partial charge in [0.15, 0.2) is 6.10 Å². The van der Waals surface area contributed by atoms with Crippen molar-refractivity contribution in [3.05, 3.63) is 59.2 Å². The van der Waals surface area contributed by atoms with Crippen LogP contribution in [-0.2, 0) is 14.3 Å². The molecule has 2 aromatic carbocycles. The predicted octanol–water partition coefficient (Wildman–Crippen LogP) is 4.33. The van der Waals surface area contributed by atoms with Crippen LogP contribution in [0.5, 0.6) is 0 Å². The maximum Gasteiger partial charge on any atom is 0.329 e. The van der Waals surface area contributed by atoms with E-state index in [0.717, 1.165) is 16.7 Å². The lowest BCUT2D eigenvalue weighted by atomic mass is 10.0. The molecule has 0 saturated heterocycles. The summed E-state index contributed by atoms with van der Waals surface area (Å²) >= 11 is 0. The molecular weight excluding hydrogens is 394 g/mol. The lowest BCUT2D eigenvalue weighted by Gasteiger charge is -2.23. The van der Waals surface area contributed by atoms with Gasteiger partial charge >= 0.3 is 12.0 Å². The SMILES string of the molecule is Cc1cc(C)c(NC(=O)[C@@H](C)OC(=O)[C@H](NC(=O)Nc2ccccc2)C(C)C)c(C)c1. The van der Waals surface area contributed by atoms with E-state index < -0.39 is 30.1 Å². The van der Waals surface area contributed by atoms with Crippen LogP contribution in [0.15, 0.2) is 42.5 Å². The first kappa shape index (κ1) is 23.9. The second-order valence-electron chi connectivity index (χ2n) is 8.03. The summed E-state index contributed by atoms with van der Waals surface area (Å²) in [4.78, 5) is 37.6. The Balaban J connectivity index is 1.99. The maximum absolute atomic E-state index is 12.7. The van der Waals surface area contributed by atoms with Crippen LogP contribution in [0.4, 0.5) is 16.2 Å². The highest BCUT2D eigenvalue weighted by Crippen LogP contribution is 2.22. The molecule has 0 aliphatic heterocycles. The normalized spacial score (nSPS) is 12.6. The van der Waals surface area contributed by atoms with E-state index in [1.54, 1.807) is 38.1 Å². The molecule has 0 bridgehead atoms. The van der Waals surface area contributed by atoms with Gasteiger partial charge in [-0.25, -0.2) is 9.59 Å². The van der Waals surface area contributed by atoms with Crippen LogP contribution in [0, 0.1) is 26.7 Å². The van der Waals surface area contributed by atoms with Gasteiger partial charge in [-0.3, -0.25) is 4.79 Å². The molecular formula is C24H31N3O4. The van der Waals surface area contributed by atoms with Crippen molar-refractivity contribution < 1.29 is 19.1 Å². The van der Waals surface area contributed by atoms with Gasteiger partial charge in [-0.05, 0) is 56.9 Å². The third-order valence-electron chi connectivity index (χ3n) is 4.83. The Labute approximate surface area is 183 Å². The number of aryl methyl sites for hydroxylation is 3. The molecule has 3 amide bonds. The van der Waals surface area contributed by atoms with Gasteiger partial charge in [0.25, 0.3) is 5.91 Å². The number of nitrogens with one attached hydrogen (secondary N) is 3. The molecule has 7 heteroatoms. The third kappa shape index (κ3) is 6.84. The summed E-state index contributed by atoms with van der Waals surface area (Å²) in [6.07, 6.45) is -1.02. The molecule has 0 aliphatic rings. The number of para-hydroxylation sites is 1. The summed E-state index contributed by atoms with van der Waals surface area (Å²) in [5.74, 6) is -1.33. The summed E-state index contributed by atoms with van der Waals surface area (Å²) in [6, 6.07) is 11.4. The smallest absolute Gasteiger partial charge is 0.329 e. The van der Waals surface area contributed by atoms with Gasteiger partial charge in [0.05, 0.1) is 0 Å². The maximum atomic E-state index is 12.7. The molecule has 7 nitrogen and oxygen atoms in total. The number of benzene rings is 2. The van der Waals surface area contributed by atoms with Crippen molar-refractivity contribution in [2.45, 2.75) is 53.7 Å². The molecule has 3 N–H and O–H groups in total.